The van der Waals surface area contributed by atoms with Crippen LogP contribution in [0.15, 0.2) is 30.5 Å². The van der Waals surface area contributed by atoms with E-state index < -0.39 is 0 Å². The molecule has 1 aliphatic rings. The van der Waals surface area contributed by atoms with Crippen molar-refractivity contribution in [2.24, 2.45) is 5.41 Å². The first kappa shape index (κ1) is 10.9. The van der Waals surface area contributed by atoms with Crippen molar-refractivity contribution < 1.29 is 0 Å². The molecule has 0 saturated heterocycles. The van der Waals surface area contributed by atoms with Crippen LogP contribution in [0, 0.1) is 5.41 Å². The lowest BCUT2D eigenvalue weighted by atomic mass is 9.71. The second-order valence-corrected chi connectivity index (χ2v) is 6.23. The summed E-state index contributed by atoms with van der Waals surface area (Å²) >= 11 is 0. The van der Waals surface area contributed by atoms with Crippen molar-refractivity contribution in [1.82, 2.24) is 4.98 Å². The van der Waals surface area contributed by atoms with Crippen molar-refractivity contribution in [2.75, 3.05) is 0 Å². The predicted octanol–water partition coefficient (Wildman–Crippen LogP) is 4.85. The Kier molecular flexibility index (Phi) is 2.50. The number of nitrogens with one attached hydrogen (secondary N) is 1. The van der Waals surface area contributed by atoms with Crippen molar-refractivity contribution in [2.45, 2.75) is 45.4 Å². The average Bonchev–Trinajstić information content (AvgIpc) is 2.73. The maximum Gasteiger partial charge on any atom is 0.0456 e. The highest BCUT2D eigenvalue weighted by molar-refractivity contribution is 5.83. The van der Waals surface area contributed by atoms with Crippen LogP contribution in [0.3, 0.4) is 0 Å². The number of hydrogen-bond acceptors (Lipinski definition) is 0. The molecule has 0 bridgehead atoms. The van der Waals surface area contributed by atoms with E-state index in [-0.39, 0.29) is 0 Å². The SMILES string of the molecule is CC1(C)CCC(c2c[nH]c3ccccc23)CC1. The summed E-state index contributed by atoms with van der Waals surface area (Å²) in [5, 5.41) is 1.43. The van der Waals surface area contributed by atoms with Crippen LogP contribution in [0.2, 0.25) is 0 Å². The highest BCUT2D eigenvalue weighted by atomic mass is 14.7. The van der Waals surface area contributed by atoms with Gasteiger partial charge in [0.25, 0.3) is 0 Å². The number of hydrogen-bond donors (Lipinski definition) is 1. The lowest BCUT2D eigenvalue weighted by molar-refractivity contribution is 0.225. The van der Waals surface area contributed by atoms with Crippen molar-refractivity contribution in [1.29, 1.82) is 0 Å². The van der Waals surface area contributed by atoms with Gasteiger partial charge in [0.2, 0.25) is 0 Å². The van der Waals surface area contributed by atoms with Gasteiger partial charge in [0.05, 0.1) is 0 Å². The van der Waals surface area contributed by atoms with Crippen LogP contribution in [0.25, 0.3) is 10.9 Å². The standard InChI is InChI=1S/C16H21N/c1-16(2)9-7-12(8-10-16)14-11-17-15-6-4-3-5-13(14)15/h3-6,11-12,17H,7-10H2,1-2H3. The highest BCUT2D eigenvalue weighted by Crippen LogP contribution is 2.43. The van der Waals surface area contributed by atoms with Crippen LogP contribution in [0.4, 0.5) is 0 Å². The van der Waals surface area contributed by atoms with Crippen LogP contribution in [-0.2, 0) is 0 Å². The minimum Gasteiger partial charge on any atom is -0.361 e. The summed E-state index contributed by atoms with van der Waals surface area (Å²) in [6.45, 7) is 4.80. The summed E-state index contributed by atoms with van der Waals surface area (Å²) in [6, 6.07) is 8.67. The molecule has 1 nitrogen and oxygen atoms in total. The summed E-state index contributed by atoms with van der Waals surface area (Å²) in [5.74, 6) is 0.763. The molecule has 1 heterocycles. The van der Waals surface area contributed by atoms with Crippen LogP contribution >= 0.6 is 0 Å². The topological polar surface area (TPSA) is 15.8 Å². The maximum atomic E-state index is 3.41. The Labute approximate surface area is 103 Å². The normalized spacial score (nSPS) is 20.8. The second kappa shape index (κ2) is 3.90. The largest absolute Gasteiger partial charge is 0.361 e. The first-order valence-corrected chi connectivity index (χ1v) is 6.72. The zero-order chi connectivity index (χ0) is 11.9. The molecule has 1 aromatic carbocycles. The Hall–Kier alpha value is -1.24. The minimum atomic E-state index is 0.558. The molecule has 1 N–H and O–H groups in total. The molecule has 90 valence electrons. The van der Waals surface area contributed by atoms with Gasteiger partial charge in [-0.2, -0.15) is 0 Å². The second-order valence-electron chi connectivity index (χ2n) is 6.23. The van der Waals surface area contributed by atoms with E-state index in [1.54, 1.807) is 0 Å². The molecule has 0 radical (unpaired) electrons. The van der Waals surface area contributed by atoms with E-state index >= 15 is 0 Å². The first-order chi connectivity index (χ1) is 8.16. The molecule has 0 spiro atoms. The van der Waals surface area contributed by atoms with E-state index in [0.717, 1.165) is 5.92 Å². The van der Waals surface area contributed by atoms with Crippen molar-refractivity contribution >= 4 is 10.9 Å². The van der Waals surface area contributed by atoms with E-state index in [4.69, 9.17) is 0 Å². The Morgan fingerprint density at radius 2 is 1.82 bits per heavy atom. The highest BCUT2D eigenvalue weighted by Gasteiger charge is 2.28. The monoisotopic (exact) mass is 227 g/mol. The van der Waals surface area contributed by atoms with Gasteiger partial charge >= 0.3 is 0 Å². The number of fused-ring (bicyclic) bond motifs is 1. The Bertz CT molecular complexity index is 511. The number of benzene rings is 1. The van der Waals surface area contributed by atoms with Gasteiger partial charge in [-0.05, 0) is 48.6 Å². The van der Waals surface area contributed by atoms with Gasteiger partial charge in [-0.15, -0.1) is 0 Å². The van der Waals surface area contributed by atoms with E-state index in [1.165, 1.54) is 42.1 Å². The molecule has 1 heteroatoms. The van der Waals surface area contributed by atoms with Crippen LogP contribution < -0.4 is 0 Å². The van der Waals surface area contributed by atoms with E-state index in [2.05, 4.69) is 49.3 Å². The number of aromatic nitrogens is 1. The molecule has 0 amide bonds. The quantitative estimate of drug-likeness (QED) is 0.716. The van der Waals surface area contributed by atoms with Gasteiger partial charge < -0.3 is 4.98 Å². The summed E-state index contributed by atoms with van der Waals surface area (Å²) in [7, 11) is 0. The van der Waals surface area contributed by atoms with Gasteiger partial charge in [-0.3, -0.25) is 0 Å². The molecule has 1 saturated carbocycles. The van der Waals surface area contributed by atoms with Gasteiger partial charge in [0.15, 0.2) is 0 Å². The molecule has 0 unspecified atom stereocenters. The summed E-state index contributed by atoms with van der Waals surface area (Å²) in [6.07, 6.45) is 7.63. The van der Waals surface area contributed by atoms with Gasteiger partial charge in [-0.1, -0.05) is 32.0 Å². The minimum absolute atomic E-state index is 0.558. The van der Waals surface area contributed by atoms with Crippen molar-refractivity contribution in [3.8, 4) is 0 Å². The Balaban J connectivity index is 1.90. The summed E-state index contributed by atoms with van der Waals surface area (Å²) in [4.78, 5) is 3.41. The van der Waals surface area contributed by atoms with E-state index in [1.807, 2.05) is 0 Å². The van der Waals surface area contributed by atoms with E-state index in [0.29, 0.717) is 5.41 Å². The predicted molar refractivity (Wildman–Crippen MR) is 73.3 cm³/mol. The average molecular weight is 227 g/mol. The molecule has 0 aliphatic heterocycles. The Morgan fingerprint density at radius 1 is 1.12 bits per heavy atom. The summed E-state index contributed by atoms with van der Waals surface area (Å²) < 4.78 is 0. The fraction of sp³-hybridized carbons (Fsp3) is 0.500. The van der Waals surface area contributed by atoms with Crippen molar-refractivity contribution in [3.05, 3.63) is 36.0 Å². The van der Waals surface area contributed by atoms with E-state index in [9.17, 15) is 0 Å². The number of H-pyrrole nitrogens is 1. The van der Waals surface area contributed by atoms with Gasteiger partial charge in [-0.25, -0.2) is 0 Å². The first-order valence-electron chi connectivity index (χ1n) is 6.72. The lowest BCUT2D eigenvalue weighted by Crippen LogP contribution is -2.20. The van der Waals surface area contributed by atoms with Crippen LogP contribution in [0.5, 0.6) is 0 Å². The van der Waals surface area contributed by atoms with Crippen LogP contribution in [0.1, 0.15) is 51.0 Å². The fourth-order valence-electron chi connectivity index (χ4n) is 3.14. The lowest BCUT2D eigenvalue weighted by Gasteiger charge is -2.34. The zero-order valence-corrected chi connectivity index (χ0v) is 10.8. The molecular weight excluding hydrogens is 206 g/mol. The van der Waals surface area contributed by atoms with Gasteiger partial charge in [0, 0.05) is 17.1 Å². The third-order valence-corrected chi connectivity index (χ3v) is 4.40. The fourth-order valence-corrected chi connectivity index (χ4v) is 3.14. The maximum absolute atomic E-state index is 3.41. The number of rotatable bonds is 1. The van der Waals surface area contributed by atoms with Gasteiger partial charge in [0.1, 0.15) is 0 Å². The third-order valence-electron chi connectivity index (χ3n) is 4.40. The molecule has 1 aliphatic carbocycles. The molecule has 3 rings (SSSR count). The third kappa shape index (κ3) is 1.99. The molecule has 1 fully saturated rings. The Morgan fingerprint density at radius 3 is 2.59 bits per heavy atom. The smallest absolute Gasteiger partial charge is 0.0456 e. The molecule has 17 heavy (non-hydrogen) atoms. The molecule has 1 aromatic heterocycles. The molecule has 0 atom stereocenters. The number of aromatic amines is 1. The molecule has 2 aromatic rings. The van der Waals surface area contributed by atoms with Crippen molar-refractivity contribution in [3.63, 3.8) is 0 Å². The van der Waals surface area contributed by atoms with Crippen LogP contribution in [-0.4, -0.2) is 4.98 Å². The zero-order valence-electron chi connectivity index (χ0n) is 10.8. The summed E-state index contributed by atoms with van der Waals surface area (Å²) in [5.41, 5.74) is 3.38. The molecular formula is C16H21N. The number of para-hydroxylation sites is 1.